The van der Waals surface area contributed by atoms with Gasteiger partial charge < -0.3 is 25.2 Å². The van der Waals surface area contributed by atoms with Crippen LogP contribution in [0.4, 0.5) is 0 Å². The Morgan fingerprint density at radius 2 is 1.21 bits per heavy atom. The molecule has 2 unspecified atom stereocenters. The van der Waals surface area contributed by atoms with Gasteiger partial charge in [-0.15, -0.1) is 0 Å². The second-order valence-electron chi connectivity index (χ2n) is 5.04. The first-order chi connectivity index (χ1) is 8.83. The maximum absolute atomic E-state index is 9.44. The van der Waals surface area contributed by atoms with Crippen LogP contribution in [-0.2, 0) is 4.74 Å². The summed E-state index contributed by atoms with van der Waals surface area (Å²) in [6.45, 7) is 4.60. The largest absolute Gasteiger partial charge is 0.392 e. The molecule has 6 N–H and O–H groups in total. The van der Waals surface area contributed by atoms with E-state index in [0.717, 1.165) is 12.8 Å². The third-order valence-electron chi connectivity index (χ3n) is 2.56. The van der Waals surface area contributed by atoms with Crippen molar-refractivity contribution in [2.24, 2.45) is 0 Å². The fraction of sp³-hybridized carbons (Fsp3) is 1.00. The van der Waals surface area contributed by atoms with Crippen LogP contribution in [0, 0.1) is 0 Å². The molecule has 0 aliphatic rings. The molecular formula is C12H28N2O5. The normalized spacial score (nSPS) is 18.0. The molecule has 7 heteroatoms. The highest BCUT2D eigenvalue weighted by Crippen LogP contribution is 1.97. The van der Waals surface area contributed by atoms with Crippen LogP contribution >= 0.6 is 0 Å². The number of nitrogens with one attached hydrogen (secondary N) is 2. The molecule has 2 atom stereocenters. The molecular weight excluding hydrogens is 252 g/mol. The zero-order chi connectivity index (χ0) is 14.8. The Kier molecular flexibility index (Phi) is 9.46. The minimum absolute atomic E-state index is 0.329. The molecule has 0 saturated heterocycles. The molecule has 0 rings (SSSR count). The Balaban J connectivity index is 3.29. The van der Waals surface area contributed by atoms with Crippen molar-refractivity contribution in [3.63, 3.8) is 0 Å². The summed E-state index contributed by atoms with van der Waals surface area (Å²) in [5.74, 6) is 0. The summed E-state index contributed by atoms with van der Waals surface area (Å²) in [6.07, 6.45) is 1.47. The second kappa shape index (κ2) is 9.60. The highest BCUT2D eigenvalue weighted by molar-refractivity contribution is 4.67. The molecule has 116 valence electrons. The van der Waals surface area contributed by atoms with Crippen LogP contribution in [0.2, 0.25) is 0 Å². The second-order valence-corrected chi connectivity index (χ2v) is 5.04. The van der Waals surface area contributed by atoms with E-state index in [0.29, 0.717) is 26.3 Å². The van der Waals surface area contributed by atoms with Gasteiger partial charge in [-0.2, -0.15) is 0 Å². The number of ether oxygens (including phenoxy) is 1. The summed E-state index contributed by atoms with van der Waals surface area (Å²) < 4.78 is 5.36. The van der Waals surface area contributed by atoms with Crippen molar-refractivity contribution in [1.82, 2.24) is 10.6 Å². The van der Waals surface area contributed by atoms with Crippen molar-refractivity contribution in [3.05, 3.63) is 0 Å². The number of hydrogen-bond acceptors (Lipinski definition) is 7. The summed E-state index contributed by atoms with van der Waals surface area (Å²) in [7, 11) is 0. The predicted octanol–water partition coefficient (Wildman–Crippen LogP) is -1.64. The first-order valence-corrected chi connectivity index (χ1v) is 6.57. The number of hydrogen-bond donors (Lipinski definition) is 6. The van der Waals surface area contributed by atoms with Gasteiger partial charge in [-0.05, 0) is 26.7 Å². The smallest absolute Gasteiger partial charge is 0.136 e. The number of aliphatic hydroxyl groups is 4. The summed E-state index contributed by atoms with van der Waals surface area (Å²) in [5, 5.41) is 42.0. The highest BCUT2D eigenvalue weighted by atomic mass is 16.5. The van der Waals surface area contributed by atoms with Crippen LogP contribution in [0.1, 0.15) is 26.7 Å². The van der Waals surface area contributed by atoms with Gasteiger partial charge in [0.25, 0.3) is 0 Å². The van der Waals surface area contributed by atoms with E-state index in [9.17, 15) is 10.2 Å². The van der Waals surface area contributed by atoms with Gasteiger partial charge >= 0.3 is 0 Å². The van der Waals surface area contributed by atoms with Gasteiger partial charge in [-0.3, -0.25) is 10.6 Å². The quantitative estimate of drug-likeness (QED) is 0.188. The average Bonchev–Trinajstić information content (AvgIpc) is 2.36. The first-order valence-electron chi connectivity index (χ1n) is 6.57. The molecule has 0 radical (unpaired) electrons. The lowest BCUT2D eigenvalue weighted by Gasteiger charge is -2.22. The molecule has 0 bridgehead atoms. The Bertz CT molecular complexity index is 202. The SMILES string of the molecule is CC(O)(CO)NCCCOCCCNC(C)(O)CO. The minimum Gasteiger partial charge on any atom is -0.392 e. The molecule has 0 aromatic heterocycles. The third-order valence-corrected chi connectivity index (χ3v) is 2.56. The van der Waals surface area contributed by atoms with Gasteiger partial charge in [0.15, 0.2) is 0 Å². The van der Waals surface area contributed by atoms with Gasteiger partial charge in [-0.25, -0.2) is 0 Å². The van der Waals surface area contributed by atoms with Crippen molar-refractivity contribution in [3.8, 4) is 0 Å². The van der Waals surface area contributed by atoms with Gasteiger partial charge in [0, 0.05) is 26.3 Å². The van der Waals surface area contributed by atoms with Crippen LogP contribution < -0.4 is 10.6 Å². The van der Waals surface area contributed by atoms with Crippen LogP contribution in [0.25, 0.3) is 0 Å². The molecule has 0 saturated carbocycles. The van der Waals surface area contributed by atoms with Crippen molar-refractivity contribution in [1.29, 1.82) is 0 Å². The van der Waals surface area contributed by atoms with Gasteiger partial charge in [0.1, 0.15) is 11.4 Å². The number of aliphatic hydroxyl groups excluding tert-OH is 2. The molecule has 0 amide bonds. The standard InChI is InChI=1S/C12H28N2O5/c1-11(17,9-15)13-5-3-7-19-8-4-6-14-12(2,18)10-16/h13-18H,3-10H2,1-2H3. The summed E-state index contributed by atoms with van der Waals surface area (Å²) in [4.78, 5) is 0. The van der Waals surface area contributed by atoms with E-state index in [1.165, 1.54) is 13.8 Å². The lowest BCUT2D eigenvalue weighted by Crippen LogP contribution is -2.46. The van der Waals surface area contributed by atoms with Crippen molar-refractivity contribution >= 4 is 0 Å². The Morgan fingerprint density at radius 1 is 0.842 bits per heavy atom. The zero-order valence-corrected chi connectivity index (χ0v) is 11.9. The van der Waals surface area contributed by atoms with Crippen LogP contribution in [-0.4, -0.2) is 71.4 Å². The van der Waals surface area contributed by atoms with E-state index in [2.05, 4.69) is 10.6 Å². The van der Waals surface area contributed by atoms with Crippen molar-refractivity contribution in [2.75, 3.05) is 39.5 Å². The average molecular weight is 280 g/mol. The third kappa shape index (κ3) is 11.3. The van der Waals surface area contributed by atoms with Crippen LogP contribution in [0.3, 0.4) is 0 Å². The van der Waals surface area contributed by atoms with Crippen LogP contribution in [0.5, 0.6) is 0 Å². The van der Waals surface area contributed by atoms with E-state index in [1.54, 1.807) is 0 Å². The maximum Gasteiger partial charge on any atom is 0.136 e. The predicted molar refractivity (Wildman–Crippen MR) is 71.5 cm³/mol. The maximum atomic E-state index is 9.44. The topological polar surface area (TPSA) is 114 Å². The molecule has 0 aromatic rings. The molecule has 0 aliphatic heterocycles. The summed E-state index contributed by atoms with van der Waals surface area (Å²) >= 11 is 0. The molecule has 0 aliphatic carbocycles. The van der Waals surface area contributed by atoms with Gasteiger partial charge in [-0.1, -0.05) is 0 Å². The Hall–Kier alpha value is -0.280. The van der Waals surface area contributed by atoms with Crippen molar-refractivity contribution in [2.45, 2.75) is 38.1 Å². The highest BCUT2D eigenvalue weighted by Gasteiger charge is 2.17. The first kappa shape index (κ1) is 18.7. The fourth-order valence-electron chi connectivity index (χ4n) is 1.28. The van der Waals surface area contributed by atoms with E-state index in [1.807, 2.05) is 0 Å². The zero-order valence-electron chi connectivity index (χ0n) is 11.9. The Labute approximate surface area is 114 Å². The monoisotopic (exact) mass is 280 g/mol. The lowest BCUT2D eigenvalue weighted by atomic mass is 10.2. The van der Waals surface area contributed by atoms with E-state index in [4.69, 9.17) is 14.9 Å². The molecule has 0 aromatic carbocycles. The minimum atomic E-state index is -1.24. The van der Waals surface area contributed by atoms with Gasteiger partial charge in [0.05, 0.1) is 13.2 Å². The van der Waals surface area contributed by atoms with E-state index in [-0.39, 0.29) is 13.2 Å². The molecule has 7 nitrogen and oxygen atoms in total. The summed E-state index contributed by atoms with van der Waals surface area (Å²) in [5.41, 5.74) is -2.47. The molecule has 0 spiro atoms. The lowest BCUT2D eigenvalue weighted by molar-refractivity contribution is -0.0295. The van der Waals surface area contributed by atoms with Crippen molar-refractivity contribution < 1.29 is 25.2 Å². The van der Waals surface area contributed by atoms with Crippen LogP contribution in [0.15, 0.2) is 0 Å². The molecule has 0 heterocycles. The molecule has 0 fully saturated rings. The summed E-state index contributed by atoms with van der Waals surface area (Å²) in [6, 6.07) is 0. The fourth-order valence-corrected chi connectivity index (χ4v) is 1.28. The van der Waals surface area contributed by atoms with E-state index >= 15 is 0 Å². The Morgan fingerprint density at radius 3 is 1.53 bits per heavy atom. The number of rotatable bonds is 12. The van der Waals surface area contributed by atoms with Gasteiger partial charge in [0.2, 0.25) is 0 Å². The molecule has 19 heavy (non-hydrogen) atoms. The van der Waals surface area contributed by atoms with E-state index < -0.39 is 11.4 Å².